The second kappa shape index (κ2) is 10.4. The molecule has 0 aliphatic carbocycles. The van der Waals surface area contributed by atoms with Gasteiger partial charge in [-0.1, -0.05) is 54.6 Å². The first-order valence-electron chi connectivity index (χ1n) is 12.9. The molecule has 3 aromatic carbocycles. The van der Waals surface area contributed by atoms with Gasteiger partial charge >= 0.3 is 0 Å². The molecule has 0 amide bonds. The molecule has 3 heterocycles. The van der Waals surface area contributed by atoms with Gasteiger partial charge in [0.15, 0.2) is 0 Å². The Labute approximate surface area is 216 Å². The van der Waals surface area contributed by atoms with Crippen LogP contribution in [0.4, 0.5) is 0 Å². The molecule has 6 nitrogen and oxygen atoms in total. The number of hydrogen-bond acceptors (Lipinski definition) is 4. The van der Waals surface area contributed by atoms with Gasteiger partial charge in [0, 0.05) is 29.9 Å². The number of hydrogen-bond donors (Lipinski definition) is 0. The average Bonchev–Trinajstić information content (AvgIpc) is 3.61. The third kappa shape index (κ3) is 5.20. The minimum absolute atomic E-state index is 0.127. The third-order valence-electron chi connectivity index (χ3n) is 7.09. The Kier molecular flexibility index (Phi) is 6.57. The zero-order chi connectivity index (χ0) is 25.0. The standard InChI is InChI=1S/C31H30N4O2/c36-31-21-29(37-23-24-8-10-26(11-9-24)25-6-2-1-3-7-25)14-17-34(31)28-12-13-30-27(20-28)22-32-35(30)19-18-33-15-4-5-16-33/h1-3,6-14,17,20-22H,4-5,15-16,18-19,23H2. The van der Waals surface area contributed by atoms with Crippen molar-refractivity contribution in [3.63, 3.8) is 0 Å². The monoisotopic (exact) mass is 490 g/mol. The number of benzene rings is 3. The Hall–Kier alpha value is -4.16. The molecule has 0 atom stereocenters. The van der Waals surface area contributed by atoms with Gasteiger partial charge < -0.3 is 9.64 Å². The Morgan fingerprint density at radius 3 is 2.38 bits per heavy atom. The van der Waals surface area contributed by atoms with Gasteiger partial charge in [-0.25, -0.2) is 0 Å². The van der Waals surface area contributed by atoms with Crippen molar-refractivity contribution in [2.24, 2.45) is 0 Å². The summed E-state index contributed by atoms with van der Waals surface area (Å²) in [4.78, 5) is 15.4. The van der Waals surface area contributed by atoms with E-state index >= 15 is 0 Å². The van der Waals surface area contributed by atoms with Crippen molar-refractivity contribution in [3.05, 3.63) is 113 Å². The van der Waals surface area contributed by atoms with Gasteiger partial charge in [0.05, 0.1) is 18.3 Å². The first-order valence-corrected chi connectivity index (χ1v) is 12.9. The summed E-state index contributed by atoms with van der Waals surface area (Å²) in [7, 11) is 0. The van der Waals surface area contributed by atoms with E-state index in [2.05, 4.69) is 57.1 Å². The van der Waals surface area contributed by atoms with Crippen molar-refractivity contribution in [1.29, 1.82) is 0 Å². The van der Waals surface area contributed by atoms with Crippen LogP contribution < -0.4 is 10.3 Å². The van der Waals surface area contributed by atoms with Crippen LogP contribution in [0, 0.1) is 0 Å². The lowest BCUT2D eigenvalue weighted by Crippen LogP contribution is -2.24. The van der Waals surface area contributed by atoms with Crippen LogP contribution in [0.25, 0.3) is 27.7 Å². The zero-order valence-corrected chi connectivity index (χ0v) is 20.8. The minimum atomic E-state index is -0.127. The van der Waals surface area contributed by atoms with Crippen LogP contribution in [-0.2, 0) is 13.2 Å². The van der Waals surface area contributed by atoms with Gasteiger partial charge in [-0.2, -0.15) is 5.10 Å². The highest BCUT2D eigenvalue weighted by atomic mass is 16.5. The molecule has 1 aliphatic rings. The van der Waals surface area contributed by atoms with E-state index in [1.807, 2.05) is 42.6 Å². The number of nitrogens with zero attached hydrogens (tertiary/aromatic N) is 4. The fraction of sp³-hybridized carbons (Fsp3) is 0.226. The molecule has 1 aliphatic heterocycles. The van der Waals surface area contributed by atoms with Crippen molar-refractivity contribution in [3.8, 4) is 22.6 Å². The number of fused-ring (bicyclic) bond motifs is 1. The topological polar surface area (TPSA) is 52.3 Å². The summed E-state index contributed by atoms with van der Waals surface area (Å²) >= 11 is 0. The minimum Gasteiger partial charge on any atom is -0.489 e. The summed E-state index contributed by atoms with van der Waals surface area (Å²) < 4.78 is 9.62. The molecule has 37 heavy (non-hydrogen) atoms. The Morgan fingerprint density at radius 2 is 1.59 bits per heavy atom. The molecule has 186 valence electrons. The molecule has 0 radical (unpaired) electrons. The fourth-order valence-electron chi connectivity index (χ4n) is 5.00. The van der Waals surface area contributed by atoms with Gasteiger partial charge in [0.25, 0.3) is 5.56 Å². The van der Waals surface area contributed by atoms with E-state index < -0.39 is 0 Å². The average molecular weight is 491 g/mol. The lowest BCUT2D eigenvalue weighted by molar-refractivity contribution is 0.305. The quantitative estimate of drug-likeness (QED) is 0.287. The lowest BCUT2D eigenvalue weighted by Gasteiger charge is -2.14. The molecule has 0 unspecified atom stereocenters. The maximum absolute atomic E-state index is 12.9. The first-order chi connectivity index (χ1) is 18.2. The summed E-state index contributed by atoms with van der Waals surface area (Å²) in [5, 5.41) is 5.62. The van der Waals surface area contributed by atoms with Crippen LogP contribution in [0.2, 0.25) is 0 Å². The number of likely N-dealkylation sites (tertiary alicyclic amines) is 1. The van der Waals surface area contributed by atoms with Crippen LogP contribution in [0.1, 0.15) is 18.4 Å². The first kappa shape index (κ1) is 23.3. The van der Waals surface area contributed by atoms with Gasteiger partial charge in [-0.15, -0.1) is 0 Å². The zero-order valence-electron chi connectivity index (χ0n) is 20.8. The van der Waals surface area contributed by atoms with Crippen molar-refractivity contribution in [2.75, 3.05) is 19.6 Å². The summed E-state index contributed by atoms with van der Waals surface area (Å²) in [5.41, 5.74) is 5.19. The highest BCUT2D eigenvalue weighted by Crippen LogP contribution is 2.21. The Morgan fingerprint density at radius 1 is 0.811 bits per heavy atom. The summed E-state index contributed by atoms with van der Waals surface area (Å²) in [6.45, 7) is 4.68. The molecule has 0 spiro atoms. The molecular weight excluding hydrogens is 460 g/mol. The number of ether oxygens (including phenoxy) is 1. The van der Waals surface area contributed by atoms with Crippen molar-refractivity contribution >= 4 is 10.9 Å². The van der Waals surface area contributed by atoms with Gasteiger partial charge in [-0.3, -0.25) is 14.0 Å². The van der Waals surface area contributed by atoms with Crippen LogP contribution in [-0.4, -0.2) is 38.9 Å². The normalized spacial score (nSPS) is 13.8. The molecule has 5 aromatic rings. The highest BCUT2D eigenvalue weighted by molar-refractivity contribution is 5.81. The van der Waals surface area contributed by atoms with E-state index in [0.29, 0.717) is 12.4 Å². The maximum Gasteiger partial charge on any atom is 0.258 e. The SMILES string of the molecule is O=c1cc(OCc2ccc(-c3ccccc3)cc2)ccn1-c1ccc2c(cnn2CCN2CCCC2)c1. The summed E-state index contributed by atoms with van der Waals surface area (Å²) in [6, 6.07) is 28.0. The van der Waals surface area contributed by atoms with E-state index in [4.69, 9.17) is 4.74 Å². The van der Waals surface area contributed by atoms with Crippen LogP contribution in [0.3, 0.4) is 0 Å². The van der Waals surface area contributed by atoms with E-state index in [0.717, 1.165) is 35.2 Å². The Bertz CT molecular complexity index is 1550. The van der Waals surface area contributed by atoms with Crippen LogP contribution in [0.5, 0.6) is 5.75 Å². The van der Waals surface area contributed by atoms with Crippen LogP contribution >= 0.6 is 0 Å². The van der Waals surface area contributed by atoms with E-state index in [-0.39, 0.29) is 5.56 Å². The molecule has 1 fully saturated rings. The number of aromatic nitrogens is 3. The molecule has 6 heteroatoms. The molecule has 0 bridgehead atoms. The molecule has 0 saturated carbocycles. The smallest absolute Gasteiger partial charge is 0.258 e. The largest absolute Gasteiger partial charge is 0.489 e. The van der Waals surface area contributed by atoms with Gasteiger partial charge in [-0.05, 0) is 66.9 Å². The lowest BCUT2D eigenvalue weighted by atomic mass is 10.0. The molecule has 6 rings (SSSR count). The molecule has 0 N–H and O–H groups in total. The predicted octanol–water partition coefficient (Wildman–Crippen LogP) is 5.53. The predicted molar refractivity (Wildman–Crippen MR) is 147 cm³/mol. The summed E-state index contributed by atoms with van der Waals surface area (Å²) in [5.74, 6) is 0.559. The fourth-order valence-corrected chi connectivity index (χ4v) is 5.00. The van der Waals surface area contributed by atoms with E-state index in [9.17, 15) is 4.79 Å². The van der Waals surface area contributed by atoms with Crippen LogP contribution in [0.15, 0.2) is 102 Å². The van der Waals surface area contributed by atoms with Crippen molar-refractivity contribution in [1.82, 2.24) is 19.2 Å². The molecule has 1 saturated heterocycles. The maximum atomic E-state index is 12.9. The third-order valence-corrected chi connectivity index (χ3v) is 7.09. The van der Waals surface area contributed by atoms with E-state index in [1.165, 1.54) is 37.1 Å². The second-order valence-electron chi connectivity index (χ2n) is 9.58. The van der Waals surface area contributed by atoms with E-state index in [1.54, 1.807) is 16.8 Å². The summed E-state index contributed by atoms with van der Waals surface area (Å²) in [6.07, 6.45) is 6.25. The Balaban J connectivity index is 1.12. The highest BCUT2D eigenvalue weighted by Gasteiger charge is 2.12. The molecular formula is C31H30N4O2. The molecule has 2 aromatic heterocycles. The van der Waals surface area contributed by atoms with Gasteiger partial charge in [0.2, 0.25) is 0 Å². The van der Waals surface area contributed by atoms with Gasteiger partial charge in [0.1, 0.15) is 12.4 Å². The number of pyridine rings is 1. The number of rotatable bonds is 8. The van der Waals surface area contributed by atoms with Crippen molar-refractivity contribution < 1.29 is 4.74 Å². The second-order valence-corrected chi connectivity index (χ2v) is 9.58. The van der Waals surface area contributed by atoms with Crippen molar-refractivity contribution in [2.45, 2.75) is 26.0 Å².